The van der Waals surface area contributed by atoms with E-state index in [0.717, 1.165) is 0 Å². The van der Waals surface area contributed by atoms with Gasteiger partial charge in [0.1, 0.15) is 10.3 Å². The molecule has 1 rings (SSSR count). The van der Waals surface area contributed by atoms with Gasteiger partial charge in [-0.05, 0) is 6.92 Å². The maximum Gasteiger partial charge on any atom is 0.150 e. The van der Waals surface area contributed by atoms with Crippen LogP contribution in [0.1, 0.15) is 5.69 Å². The van der Waals surface area contributed by atoms with Crippen LogP contribution in [0.25, 0.3) is 0 Å². The number of aryl methyl sites for hydroxylation is 1. The Morgan fingerprint density at radius 2 is 2.11 bits per heavy atom. The quantitative estimate of drug-likeness (QED) is 0.585. The van der Waals surface area contributed by atoms with E-state index in [9.17, 15) is 0 Å². The summed E-state index contributed by atoms with van der Waals surface area (Å²) in [5.74, 6) is 0. The van der Waals surface area contributed by atoms with Crippen molar-refractivity contribution >= 4 is 23.2 Å². The molecule has 0 bridgehead atoms. The second kappa shape index (κ2) is 2.50. The molecule has 0 unspecified atom stereocenters. The van der Waals surface area contributed by atoms with E-state index in [0.29, 0.717) is 16.0 Å². The van der Waals surface area contributed by atoms with E-state index in [1.165, 1.54) is 6.20 Å². The molecule has 1 heterocycles. The number of rotatable bonds is 0. The summed E-state index contributed by atoms with van der Waals surface area (Å²) < 4.78 is 0. The van der Waals surface area contributed by atoms with E-state index in [1.54, 1.807) is 6.92 Å². The lowest BCUT2D eigenvalue weighted by molar-refractivity contribution is 1.12. The largest absolute Gasteiger partial charge is 0.239 e. The number of halogens is 2. The Kier molecular flexibility index (Phi) is 1.88. The van der Waals surface area contributed by atoms with Gasteiger partial charge in [0.2, 0.25) is 0 Å². The highest BCUT2D eigenvalue weighted by molar-refractivity contribution is 6.31. The summed E-state index contributed by atoms with van der Waals surface area (Å²) in [5, 5.41) is 0.774. The van der Waals surface area contributed by atoms with Crippen LogP contribution < -0.4 is 0 Å². The lowest BCUT2D eigenvalue weighted by Gasteiger charge is -1.92. The van der Waals surface area contributed by atoms with Crippen molar-refractivity contribution in [1.82, 2.24) is 9.97 Å². The smallest absolute Gasteiger partial charge is 0.150 e. The van der Waals surface area contributed by atoms with Crippen LogP contribution >= 0.6 is 23.2 Å². The highest BCUT2D eigenvalue weighted by atomic mass is 35.5. The van der Waals surface area contributed by atoms with Crippen molar-refractivity contribution in [3.05, 3.63) is 22.2 Å². The molecule has 0 aliphatic rings. The number of nitrogens with zero attached hydrogens (tertiary/aromatic N) is 2. The van der Waals surface area contributed by atoms with Crippen molar-refractivity contribution in [3.8, 4) is 0 Å². The molecule has 9 heavy (non-hydrogen) atoms. The van der Waals surface area contributed by atoms with Crippen LogP contribution in [0.4, 0.5) is 0 Å². The molecule has 0 aliphatic heterocycles. The van der Waals surface area contributed by atoms with Crippen LogP contribution in [0, 0.1) is 6.92 Å². The molecule has 0 saturated heterocycles. The monoisotopic (exact) mass is 162 g/mol. The van der Waals surface area contributed by atoms with Gasteiger partial charge >= 0.3 is 0 Å². The third-order valence-corrected chi connectivity index (χ3v) is 1.41. The normalized spacial score (nSPS) is 9.67. The molecule has 2 nitrogen and oxygen atoms in total. The van der Waals surface area contributed by atoms with E-state index < -0.39 is 0 Å². The predicted molar refractivity (Wildman–Crippen MR) is 36.8 cm³/mol. The first-order valence-electron chi connectivity index (χ1n) is 2.35. The third-order valence-electron chi connectivity index (χ3n) is 0.857. The molecule has 48 valence electrons. The molecule has 0 amide bonds. The van der Waals surface area contributed by atoms with E-state index in [4.69, 9.17) is 23.2 Å². The van der Waals surface area contributed by atoms with Gasteiger partial charge in [-0.2, -0.15) is 0 Å². The molecule has 0 radical (unpaired) electrons. The maximum atomic E-state index is 5.55. The van der Waals surface area contributed by atoms with Gasteiger partial charge in [-0.3, -0.25) is 0 Å². The van der Waals surface area contributed by atoms with Crippen LogP contribution in [-0.4, -0.2) is 9.97 Å². The SMILES string of the molecule is Cc1nc(Cl)cnc1Cl. The van der Waals surface area contributed by atoms with Crippen LogP contribution in [0.5, 0.6) is 0 Å². The fourth-order valence-electron chi connectivity index (χ4n) is 0.439. The molecule has 0 N–H and O–H groups in total. The zero-order chi connectivity index (χ0) is 6.85. The minimum absolute atomic E-state index is 0.372. The molecular formula is C5H4Cl2N2. The van der Waals surface area contributed by atoms with Crippen LogP contribution in [0.2, 0.25) is 10.3 Å². The Balaban J connectivity index is 3.17. The van der Waals surface area contributed by atoms with Gasteiger partial charge in [0.05, 0.1) is 11.9 Å². The lowest BCUT2D eigenvalue weighted by Crippen LogP contribution is -1.85. The van der Waals surface area contributed by atoms with Gasteiger partial charge in [0.15, 0.2) is 0 Å². The van der Waals surface area contributed by atoms with Crippen molar-refractivity contribution in [3.63, 3.8) is 0 Å². The summed E-state index contributed by atoms with van der Waals surface area (Å²) in [6.07, 6.45) is 1.41. The Hall–Kier alpha value is -0.340. The van der Waals surface area contributed by atoms with Gasteiger partial charge < -0.3 is 0 Å². The summed E-state index contributed by atoms with van der Waals surface area (Å²) in [4.78, 5) is 7.59. The van der Waals surface area contributed by atoms with E-state index in [2.05, 4.69) is 9.97 Å². The number of aromatic nitrogens is 2. The Labute approximate surface area is 62.8 Å². The Morgan fingerprint density at radius 3 is 2.56 bits per heavy atom. The van der Waals surface area contributed by atoms with E-state index in [1.807, 2.05) is 0 Å². The van der Waals surface area contributed by atoms with Gasteiger partial charge in [0.25, 0.3) is 0 Å². The van der Waals surface area contributed by atoms with Crippen LogP contribution in [0.15, 0.2) is 6.20 Å². The highest BCUT2D eigenvalue weighted by Gasteiger charge is 1.96. The summed E-state index contributed by atoms with van der Waals surface area (Å²) in [5.41, 5.74) is 0.657. The molecular weight excluding hydrogens is 159 g/mol. The molecule has 0 aromatic carbocycles. The summed E-state index contributed by atoms with van der Waals surface area (Å²) in [6, 6.07) is 0. The molecule has 0 atom stereocenters. The first-order chi connectivity index (χ1) is 4.20. The first kappa shape index (κ1) is 6.78. The summed E-state index contributed by atoms with van der Waals surface area (Å²) in [6.45, 7) is 1.75. The molecule has 0 spiro atoms. The number of hydrogen-bond donors (Lipinski definition) is 0. The van der Waals surface area contributed by atoms with Gasteiger partial charge in [-0.15, -0.1) is 0 Å². The summed E-state index contributed by atoms with van der Waals surface area (Å²) >= 11 is 11.0. The minimum Gasteiger partial charge on any atom is -0.239 e. The van der Waals surface area contributed by atoms with E-state index >= 15 is 0 Å². The molecule has 0 saturated carbocycles. The second-order valence-electron chi connectivity index (χ2n) is 1.57. The second-order valence-corrected chi connectivity index (χ2v) is 2.31. The topological polar surface area (TPSA) is 25.8 Å². The minimum atomic E-state index is 0.372. The van der Waals surface area contributed by atoms with Gasteiger partial charge in [-0.25, -0.2) is 9.97 Å². The first-order valence-corrected chi connectivity index (χ1v) is 3.10. The predicted octanol–water partition coefficient (Wildman–Crippen LogP) is 2.09. The summed E-state index contributed by atoms with van der Waals surface area (Å²) in [7, 11) is 0. The van der Waals surface area contributed by atoms with Crippen LogP contribution in [-0.2, 0) is 0 Å². The fourth-order valence-corrected chi connectivity index (χ4v) is 0.705. The highest BCUT2D eigenvalue weighted by Crippen LogP contribution is 2.10. The molecule has 0 aliphatic carbocycles. The maximum absolute atomic E-state index is 5.55. The fraction of sp³-hybridized carbons (Fsp3) is 0.200. The molecule has 4 heteroatoms. The van der Waals surface area contributed by atoms with E-state index in [-0.39, 0.29) is 0 Å². The van der Waals surface area contributed by atoms with Crippen molar-refractivity contribution in [1.29, 1.82) is 0 Å². The zero-order valence-corrected chi connectivity index (χ0v) is 6.24. The van der Waals surface area contributed by atoms with Crippen molar-refractivity contribution in [2.24, 2.45) is 0 Å². The Morgan fingerprint density at radius 1 is 1.44 bits per heavy atom. The van der Waals surface area contributed by atoms with Crippen molar-refractivity contribution < 1.29 is 0 Å². The van der Waals surface area contributed by atoms with Crippen molar-refractivity contribution in [2.45, 2.75) is 6.92 Å². The lowest BCUT2D eigenvalue weighted by atomic mass is 10.5. The van der Waals surface area contributed by atoms with Gasteiger partial charge in [-0.1, -0.05) is 23.2 Å². The van der Waals surface area contributed by atoms with Crippen molar-refractivity contribution in [2.75, 3.05) is 0 Å². The Bertz CT molecular complexity index is 224. The average Bonchev–Trinajstić information content (AvgIpc) is 1.80. The zero-order valence-electron chi connectivity index (χ0n) is 4.73. The number of hydrogen-bond acceptors (Lipinski definition) is 2. The van der Waals surface area contributed by atoms with Gasteiger partial charge in [0, 0.05) is 0 Å². The molecule has 0 fully saturated rings. The average molecular weight is 163 g/mol. The van der Waals surface area contributed by atoms with Crippen LogP contribution in [0.3, 0.4) is 0 Å². The third kappa shape index (κ3) is 1.53. The molecule has 1 aromatic rings. The standard InChI is InChI=1S/C5H4Cl2N2/c1-3-5(7)8-2-4(6)9-3/h2H,1H3. The molecule has 1 aromatic heterocycles.